The summed E-state index contributed by atoms with van der Waals surface area (Å²) in [6, 6.07) is 5.48. The average Bonchev–Trinajstić information content (AvgIpc) is 2.48. The van der Waals surface area contributed by atoms with Gasteiger partial charge in [0.15, 0.2) is 6.61 Å². The van der Waals surface area contributed by atoms with Gasteiger partial charge in [-0.1, -0.05) is 0 Å². The zero-order valence-electron chi connectivity index (χ0n) is 12.2. The molecule has 0 aliphatic carbocycles. The van der Waals surface area contributed by atoms with Crippen molar-refractivity contribution < 1.29 is 27.5 Å². The van der Waals surface area contributed by atoms with E-state index in [0.717, 1.165) is 5.01 Å². The van der Waals surface area contributed by atoms with Crippen LogP contribution < -0.4 is 10.1 Å². The van der Waals surface area contributed by atoms with Crippen molar-refractivity contribution in [3.05, 3.63) is 24.3 Å². The van der Waals surface area contributed by atoms with Gasteiger partial charge in [0.25, 0.3) is 5.91 Å². The Bertz CT molecular complexity index is 626. The summed E-state index contributed by atoms with van der Waals surface area (Å²) in [4.78, 5) is 23.3. The second-order valence-electron chi connectivity index (χ2n) is 4.85. The van der Waals surface area contributed by atoms with Crippen LogP contribution in [0.25, 0.3) is 0 Å². The standard InChI is InChI=1S/C14H14F3N3O3/c1-20-12(21)7-6-11(19-20)13(22)18-9-2-4-10(5-3-9)23-8-14(15,16)17/h2-5H,6-8H2,1H3,(H,18,22). The molecule has 0 aromatic heterocycles. The summed E-state index contributed by atoms with van der Waals surface area (Å²) in [5, 5.41) is 7.54. The van der Waals surface area contributed by atoms with Crippen molar-refractivity contribution in [2.45, 2.75) is 19.0 Å². The summed E-state index contributed by atoms with van der Waals surface area (Å²) in [5.74, 6) is -0.596. The van der Waals surface area contributed by atoms with E-state index in [-0.39, 0.29) is 30.2 Å². The van der Waals surface area contributed by atoms with Crippen molar-refractivity contribution in [1.82, 2.24) is 5.01 Å². The average molecular weight is 329 g/mol. The summed E-state index contributed by atoms with van der Waals surface area (Å²) >= 11 is 0. The van der Waals surface area contributed by atoms with Crippen LogP contribution in [-0.4, -0.2) is 42.4 Å². The van der Waals surface area contributed by atoms with E-state index in [2.05, 4.69) is 15.2 Å². The van der Waals surface area contributed by atoms with Gasteiger partial charge in [-0.3, -0.25) is 9.59 Å². The number of carbonyl (C=O) groups excluding carboxylic acids is 2. The molecule has 1 heterocycles. The summed E-state index contributed by atoms with van der Waals surface area (Å²) in [7, 11) is 1.46. The Morgan fingerprint density at radius 3 is 2.52 bits per heavy atom. The highest BCUT2D eigenvalue weighted by atomic mass is 19.4. The number of ether oxygens (including phenoxy) is 1. The van der Waals surface area contributed by atoms with Gasteiger partial charge >= 0.3 is 6.18 Å². The van der Waals surface area contributed by atoms with Crippen molar-refractivity contribution in [3.8, 4) is 5.75 Å². The van der Waals surface area contributed by atoms with Crippen molar-refractivity contribution in [1.29, 1.82) is 0 Å². The van der Waals surface area contributed by atoms with Gasteiger partial charge in [-0.05, 0) is 24.3 Å². The Kier molecular flexibility index (Phi) is 4.87. The minimum atomic E-state index is -4.41. The highest BCUT2D eigenvalue weighted by Gasteiger charge is 2.28. The van der Waals surface area contributed by atoms with Gasteiger partial charge in [0.2, 0.25) is 5.91 Å². The van der Waals surface area contributed by atoms with Crippen LogP contribution in [0.2, 0.25) is 0 Å². The van der Waals surface area contributed by atoms with Crippen LogP contribution in [-0.2, 0) is 9.59 Å². The van der Waals surface area contributed by atoms with E-state index in [9.17, 15) is 22.8 Å². The molecule has 0 atom stereocenters. The molecule has 23 heavy (non-hydrogen) atoms. The lowest BCUT2D eigenvalue weighted by Crippen LogP contribution is -2.34. The van der Waals surface area contributed by atoms with Gasteiger partial charge in [0.05, 0.1) is 0 Å². The van der Waals surface area contributed by atoms with Gasteiger partial charge < -0.3 is 10.1 Å². The first-order valence-electron chi connectivity index (χ1n) is 6.69. The smallest absolute Gasteiger partial charge is 0.422 e. The second kappa shape index (κ2) is 6.67. The number of nitrogens with zero attached hydrogens (tertiary/aromatic N) is 2. The quantitative estimate of drug-likeness (QED) is 0.920. The fraction of sp³-hybridized carbons (Fsp3) is 0.357. The van der Waals surface area contributed by atoms with Gasteiger partial charge in [-0.25, -0.2) is 5.01 Å². The van der Waals surface area contributed by atoms with E-state index in [1.807, 2.05) is 0 Å². The summed E-state index contributed by atoms with van der Waals surface area (Å²) in [5.41, 5.74) is 0.598. The largest absolute Gasteiger partial charge is 0.484 e. The Morgan fingerprint density at radius 1 is 1.30 bits per heavy atom. The number of hydrazone groups is 1. The van der Waals surface area contributed by atoms with Crippen LogP contribution >= 0.6 is 0 Å². The van der Waals surface area contributed by atoms with Crippen molar-refractivity contribution in [2.75, 3.05) is 19.0 Å². The third-order valence-corrected chi connectivity index (χ3v) is 2.98. The van der Waals surface area contributed by atoms with Gasteiger partial charge in [-0.2, -0.15) is 18.3 Å². The molecule has 0 fully saturated rings. The molecular formula is C14H14F3N3O3. The number of anilines is 1. The lowest BCUT2D eigenvalue weighted by Gasteiger charge is -2.19. The third kappa shape index (κ3) is 4.97. The van der Waals surface area contributed by atoms with E-state index in [0.29, 0.717) is 5.69 Å². The summed E-state index contributed by atoms with van der Waals surface area (Å²) < 4.78 is 40.7. The van der Waals surface area contributed by atoms with Gasteiger partial charge in [0, 0.05) is 25.6 Å². The minimum absolute atomic E-state index is 0.0423. The highest BCUT2D eigenvalue weighted by molar-refractivity contribution is 6.43. The number of alkyl halides is 3. The molecule has 2 rings (SSSR count). The molecule has 1 aromatic carbocycles. The lowest BCUT2D eigenvalue weighted by atomic mass is 10.1. The van der Waals surface area contributed by atoms with Gasteiger partial charge in [0.1, 0.15) is 11.5 Å². The molecule has 1 aliphatic heterocycles. The molecule has 0 saturated heterocycles. The second-order valence-corrected chi connectivity index (χ2v) is 4.85. The molecule has 2 amide bonds. The van der Waals surface area contributed by atoms with E-state index >= 15 is 0 Å². The first-order valence-corrected chi connectivity index (χ1v) is 6.69. The van der Waals surface area contributed by atoms with E-state index in [4.69, 9.17) is 0 Å². The molecule has 124 valence electrons. The third-order valence-electron chi connectivity index (χ3n) is 2.98. The van der Waals surface area contributed by atoms with Crippen molar-refractivity contribution >= 4 is 23.2 Å². The number of carbonyl (C=O) groups is 2. The molecule has 1 aliphatic rings. The first-order chi connectivity index (χ1) is 10.7. The number of halogens is 3. The Balaban J connectivity index is 1.94. The predicted molar refractivity (Wildman–Crippen MR) is 76.1 cm³/mol. The molecule has 1 N–H and O–H groups in total. The summed E-state index contributed by atoms with van der Waals surface area (Å²) in [6.07, 6.45) is -3.97. The van der Waals surface area contributed by atoms with Crippen LogP contribution in [0.5, 0.6) is 5.75 Å². The predicted octanol–water partition coefficient (Wildman–Crippen LogP) is 2.17. The Hall–Kier alpha value is -2.58. The number of hydrogen-bond donors (Lipinski definition) is 1. The highest BCUT2D eigenvalue weighted by Crippen LogP contribution is 2.20. The fourth-order valence-electron chi connectivity index (χ4n) is 1.84. The lowest BCUT2D eigenvalue weighted by molar-refractivity contribution is -0.153. The summed E-state index contributed by atoms with van der Waals surface area (Å²) in [6.45, 7) is -1.38. The van der Waals surface area contributed by atoms with Crippen LogP contribution in [0.4, 0.5) is 18.9 Å². The maximum absolute atomic E-state index is 12.0. The van der Waals surface area contributed by atoms with Crippen LogP contribution in [0, 0.1) is 0 Å². The number of nitrogens with one attached hydrogen (secondary N) is 1. The normalized spacial score (nSPS) is 15.2. The maximum atomic E-state index is 12.0. The number of rotatable bonds is 4. The van der Waals surface area contributed by atoms with Crippen LogP contribution in [0.1, 0.15) is 12.8 Å². The SMILES string of the molecule is CN1N=C(C(=O)Nc2ccc(OCC(F)(F)F)cc2)CCC1=O. The molecule has 1 aromatic rings. The molecule has 0 saturated carbocycles. The molecule has 0 radical (unpaired) electrons. The monoisotopic (exact) mass is 329 g/mol. The molecule has 9 heteroatoms. The van der Waals surface area contributed by atoms with Gasteiger partial charge in [-0.15, -0.1) is 0 Å². The first kappa shape index (κ1) is 16.8. The van der Waals surface area contributed by atoms with Crippen molar-refractivity contribution in [3.63, 3.8) is 0 Å². The van der Waals surface area contributed by atoms with E-state index in [1.54, 1.807) is 0 Å². The number of benzene rings is 1. The molecular weight excluding hydrogens is 315 g/mol. The Labute approximate surface area is 129 Å². The van der Waals surface area contributed by atoms with Crippen LogP contribution in [0.15, 0.2) is 29.4 Å². The zero-order valence-corrected chi connectivity index (χ0v) is 12.2. The molecule has 6 nitrogen and oxygen atoms in total. The molecule has 0 spiro atoms. The number of amides is 2. The molecule has 0 unspecified atom stereocenters. The van der Waals surface area contributed by atoms with Crippen LogP contribution in [0.3, 0.4) is 0 Å². The maximum Gasteiger partial charge on any atom is 0.422 e. The zero-order chi connectivity index (χ0) is 17.0. The van der Waals surface area contributed by atoms with Crippen molar-refractivity contribution in [2.24, 2.45) is 5.10 Å². The van der Waals surface area contributed by atoms with E-state index in [1.165, 1.54) is 31.3 Å². The minimum Gasteiger partial charge on any atom is -0.484 e. The molecule has 0 bridgehead atoms. The topological polar surface area (TPSA) is 71.0 Å². The number of hydrogen-bond acceptors (Lipinski definition) is 4. The fourth-order valence-corrected chi connectivity index (χ4v) is 1.84. The van der Waals surface area contributed by atoms with E-state index < -0.39 is 18.7 Å². The Morgan fingerprint density at radius 2 is 1.96 bits per heavy atom.